The molecule has 4 saturated carbocycles. The third-order valence-corrected chi connectivity index (χ3v) is 18.3. The molecular weight excluding hydrogens is 783 g/mol. The molecule has 15 heteroatoms. The van der Waals surface area contributed by atoms with E-state index < -0.39 is 51.1 Å². The monoisotopic (exact) mass is 860 g/mol. The van der Waals surface area contributed by atoms with Gasteiger partial charge >= 0.3 is 10.2 Å². The molecule has 2 heterocycles. The van der Waals surface area contributed by atoms with E-state index in [9.17, 15) is 27.6 Å². The van der Waals surface area contributed by atoms with Gasteiger partial charge < -0.3 is 20.9 Å². The molecule has 0 aromatic heterocycles. The van der Waals surface area contributed by atoms with Crippen LogP contribution in [0.25, 0.3) is 0 Å². The lowest BCUT2D eigenvalue weighted by Gasteiger charge is -2.40. The summed E-state index contributed by atoms with van der Waals surface area (Å²) in [5.41, 5.74) is -2.65. The van der Waals surface area contributed by atoms with Crippen LogP contribution >= 0.6 is 0 Å². The number of hydrogen-bond donors (Lipinski definition) is 4. The molecule has 0 radical (unpaired) electrons. The van der Waals surface area contributed by atoms with Crippen LogP contribution in [0.1, 0.15) is 159 Å². The quantitative estimate of drug-likeness (QED) is 0.184. The smallest absolute Gasteiger partial charge is 0.303 e. The first-order valence-corrected chi connectivity index (χ1v) is 24.8. The molecule has 60 heavy (non-hydrogen) atoms. The number of fused-ring (bicyclic) bond motifs is 1. The predicted octanol–water partition coefficient (Wildman–Crippen LogP) is 4.63. The van der Waals surface area contributed by atoms with E-state index in [-0.39, 0.29) is 71.0 Å². The molecule has 2 saturated heterocycles. The van der Waals surface area contributed by atoms with Gasteiger partial charge in [0.05, 0.1) is 6.04 Å². The molecule has 0 aromatic rings. The largest absolute Gasteiger partial charge is 0.343 e. The van der Waals surface area contributed by atoms with Gasteiger partial charge in [-0.1, -0.05) is 93.9 Å². The van der Waals surface area contributed by atoms with E-state index in [2.05, 4.69) is 53.3 Å². The van der Waals surface area contributed by atoms with Gasteiger partial charge in [0.1, 0.15) is 23.7 Å². The van der Waals surface area contributed by atoms with Crippen LogP contribution in [-0.4, -0.2) is 114 Å². The minimum Gasteiger partial charge on any atom is -0.343 e. The standard InChI is InChI=1S/C45H77N7O7S/c1-11-31-26-45(31,40(57)49-60(58,59)50(12-2)13-3)48-37(54)33-27-44(42(9,10)43(44)23-19-24-43)28-52(33)39(56)35(41(6,7)8)47-38(55)34(30-20-15-14-16-21-30)46-36(53)32-22-17-18-25-51(32)29(4)5/h29-35H,11-28H2,1-10H3,(H,46,53)(H,47,55)(H,48,54)(H,49,57)/t31-,32-,33+,34+,35-,44-,45-/m1/s1. The summed E-state index contributed by atoms with van der Waals surface area (Å²) < 4.78 is 29.8. The van der Waals surface area contributed by atoms with E-state index >= 15 is 4.79 Å². The van der Waals surface area contributed by atoms with E-state index in [4.69, 9.17) is 0 Å². The van der Waals surface area contributed by atoms with E-state index in [0.29, 0.717) is 25.8 Å². The summed E-state index contributed by atoms with van der Waals surface area (Å²) in [6, 6.07) is -2.88. The van der Waals surface area contributed by atoms with Crippen molar-refractivity contribution in [3.8, 4) is 0 Å². The van der Waals surface area contributed by atoms with Crippen molar-refractivity contribution in [1.29, 1.82) is 0 Å². The molecule has 0 bridgehead atoms. The molecule has 340 valence electrons. The summed E-state index contributed by atoms with van der Waals surface area (Å²) in [7, 11) is -4.14. The van der Waals surface area contributed by atoms with Crippen LogP contribution in [-0.2, 0) is 34.2 Å². The molecule has 6 rings (SSSR count). The van der Waals surface area contributed by atoms with Gasteiger partial charge in [-0.2, -0.15) is 12.7 Å². The fourth-order valence-corrected chi connectivity index (χ4v) is 13.8. The van der Waals surface area contributed by atoms with Crippen molar-refractivity contribution in [2.75, 3.05) is 26.2 Å². The Hall–Kier alpha value is -2.78. The number of hydrogen-bond acceptors (Lipinski definition) is 8. The Kier molecular flexibility index (Phi) is 13.3. The lowest BCUT2D eigenvalue weighted by Crippen LogP contribution is -2.63. The van der Waals surface area contributed by atoms with Crippen molar-refractivity contribution in [3.05, 3.63) is 0 Å². The van der Waals surface area contributed by atoms with Gasteiger partial charge in [-0.15, -0.1) is 0 Å². The van der Waals surface area contributed by atoms with Crippen LogP contribution in [0.15, 0.2) is 0 Å². The average Bonchev–Trinajstić information content (AvgIpc) is 3.90. The molecule has 4 aliphatic carbocycles. The highest BCUT2D eigenvalue weighted by atomic mass is 32.2. The van der Waals surface area contributed by atoms with Gasteiger partial charge in [0.2, 0.25) is 23.6 Å². The second-order valence-corrected chi connectivity index (χ2v) is 22.8. The van der Waals surface area contributed by atoms with Crippen LogP contribution in [0.5, 0.6) is 0 Å². The number of likely N-dealkylation sites (tertiary alicyclic amines) is 2. The lowest BCUT2D eigenvalue weighted by atomic mass is 9.73. The van der Waals surface area contributed by atoms with Gasteiger partial charge in [0.15, 0.2) is 0 Å². The Morgan fingerprint density at radius 2 is 1.43 bits per heavy atom. The summed E-state index contributed by atoms with van der Waals surface area (Å²) >= 11 is 0. The van der Waals surface area contributed by atoms with Crippen LogP contribution in [0.4, 0.5) is 0 Å². The molecule has 5 amide bonds. The number of rotatable bonds is 15. The second-order valence-electron chi connectivity index (χ2n) is 21.2. The number of nitrogens with zero attached hydrogens (tertiary/aromatic N) is 3. The van der Waals surface area contributed by atoms with E-state index in [0.717, 1.165) is 77.2 Å². The Morgan fingerprint density at radius 1 is 0.800 bits per heavy atom. The third kappa shape index (κ3) is 8.03. The Bertz CT molecular complexity index is 1770. The topological polar surface area (TPSA) is 177 Å². The van der Waals surface area contributed by atoms with Crippen LogP contribution in [0.3, 0.4) is 0 Å². The first-order valence-electron chi connectivity index (χ1n) is 23.4. The maximum absolute atomic E-state index is 15.3. The van der Waals surface area contributed by atoms with Crippen molar-refractivity contribution in [2.45, 2.75) is 195 Å². The molecule has 14 nitrogen and oxygen atoms in total. The van der Waals surface area contributed by atoms with Gasteiger partial charge in [0, 0.05) is 31.1 Å². The van der Waals surface area contributed by atoms with E-state index in [1.54, 1.807) is 18.7 Å². The normalized spacial score (nSPS) is 31.1. The first kappa shape index (κ1) is 46.7. The maximum Gasteiger partial charge on any atom is 0.303 e. The van der Waals surface area contributed by atoms with Crippen molar-refractivity contribution in [2.24, 2.45) is 33.5 Å². The summed E-state index contributed by atoms with van der Waals surface area (Å²) in [6.07, 6.45) is 11.7. The zero-order valence-electron chi connectivity index (χ0n) is 38.4. The van der Waals surface area contributed by atoms with Gasteiger partial charge in [-0.25, -0.2) is 4.72 Å². The molecule has 6 aliphatic rings. The molecule has 0 aromatic carbocycles. The number of nitrogens with one attached hydrogen (secondary N) is 4. The number of carbonyl (C=O) groups excluding carboxylic acids is 5. The van der Waals surface area contributed by atoms with Crippen LogP contribution < -0.4 is 20.7 Å². The Morgan fingerprint density at radius 3 is 1.95 bits per heavy atom. The van der Waals surface area contributed by atoms with E-state index in [1.165, 1.54) is 4.31 Å². The third-order valence-electron chi connectivity index (χ3n) is 16.6. The zero-order valence-corrected chi connectivity index (χ0v) is 39.2. The predicted molar refractivity (Wildman–Crippen MR) is 231 cm³/mol. The van der Waals surface area contributed by atoms with Crippen molar-refractivity contribution < 1.29 is 32.4 Å². The molecule has 2 aliphatic heterocycles. The van der Waals surface area contributed by atoms with Crippen molar-refractivity contribution in [1.82, 2.24) is 34.8 Å². The maximum atomic E-state index is 15.3. The number of carbonyl (C=O) groups is 5. The Balaban J connectivity index is 1.28. The highest BCUT2D eigenvalue weighted by molar-refractivity contribution is 7.87. The zero-order chi connectivity index (χ0) is 44.2. The fourth-order valence-electron chi connectivity index (χ4n) is 12.5. The van der Waals surface area contributed by atoms with Crippen molar-refractivity contribution >= 4 is 39.7 Å². The molecule has 0 unspecified atom stereocenters. The summed E-state index contributed by atoms with van der Waals surface area (Å²) in [4.78, 5) is 76.7. The fraction of sp³-hybridized carbons (Fsp3) is 0.889. The van der Waals surface area contributed by atoms with Crippen LogP contribution in [0.2, 0.25) is 0 Å². The molecule has 2 spiro atoms. The minimum absolute atomic E-state index is 0.00811. The summed E-state index contributed by atoms with van der Waals surface area (Å²) in [6.45, 7) is 21.3. The SMILES string of the molecule is CC[C@@H]1C[C@]1(NC(=O)[C@@H]1C[C@@]2(CN1C(=O)[C@@H](NC(=O)[C@@H](NC(=O)[C@H]1CCCCN1C(C)C)C1CCCCC1)C(C)(C)C)C(C)(C)C21CCC1)C(=O)NS(=O)(=O)N(CC)CC. The van der Waals surface area contributed by atoms with Crippen LogP contribution in [0, 0.1) is 33.5 Å². The summed E-state index contributed by atoms with van der Waals surface area (Å²) in [5.74, 6) is -2.44. The molecule has 6 fully saturated rings. The van der Waals surface area contributed by atoms with Gasteiger partial charge in [0.25, 0.3) is 5.91 Å². The highest BCUT2D eigenvalue weighted by Gasteiger charge is 2.85. The lowest BCUT2D eigenvalue weighted by molar-refractivity contribution is -0.145. The van der Waals surface area contributed by atoms with Gasteiger partial charge in [-0.05, 0) is 99.8 Å². The van der Waals surface area contributed by atoms with E-state index in [1.807, 2.05) is 27.7 Å². The average molecular weight is 860 g/mol. The van der Waals surface area contributed by atoms with Crippen molar-refractivity contribution in [3.63, 3.8) is 0 Å². The van der Waals surface area contributed by atoms with Gasteiger partial charge in [-0.3, -0.25) is 28.9 Å². The molecule has 4 N–H and O–H groups in total. The molecule has 7 atom stereocenters. The Labute approximate surface area is 360 Å². The number of piperidine rings is 1. The summed E-state index contributed by atoms with van der Waals surface area (Å²) in [5, 5.41) is 9.40. The number of amides is 5. The first-order chi connectivity index (χ1) is 28.1. The molecular formula is C45H77N7O7S. The minimum atomic E-state index is -4.14. The second kappa shape index (κ2) is 17.1. The highest BCUT2D eigenvalue weighted by Crippen LogP contribution is 2.88.